The summed E-state index contributed by atoms with van der Waals surface area (Å²) in [5, 5.41) is 0. The van der Waals surface area contributed by atoms with Gasteiger partial charge in [0.1, 0.15) is 0 Å². The zero-order valence-electron chi connectivity index (χ0n) is 8.58. The van der Waals surface area contributed by atoms with Gasteiger partial charge in [0.25, 0.3) is 0 Å². The molecule has 0 N–H and O–H groups in total. The highest BCUT2D eigenvalue weighted by atomic mass is 16.5. The molecule has 13 heavy (non-hydrogen) atoms. The average molecular weight is 185 g/mol. The number of carbonyl (C=O) groups is 1. The Labute approximate surface area is 80.1 Å². The number of nitrogens with zero attached hydrogens (tertiary/aromatic N) is 1. The summed E-state index contributed by atoms with van der Waals surface area (Å²) in [6.45, 7) is 6.85. The van der Waals surface area contributed by atoms with Crippen molar-refractivity contribution in [3.63, 3.8) is 0 Å². The summed E-state index contributed by atoms with van der Waals surface area (Å²) in [5.74, 6) is -0.0486. The Morgan fingerprint density at radius 3 is 2.85 bits per heavy atom. The van der Waals surface area contributed by atoms with E-state index in [1.54, 1.807) is 0 Å². The highest BCUT2D eigenvalue weighted by molar-refractivity contribution is 5.69. The molecule has 0 aromatic carbocycles. The fourth-order valence-corrected chi connectivity index (χ4v) is 1.24. The Kier molecular flexibility index (Phi) is 4.22. The number of rotatable bonds is 6. The van der Waals surface area contributed by atoms with Crippen LogP contribution in [0.15, 0.2) is 0 Å². The molecule has 0 amide bonds. The summed E-state index contributed by atoms with van der Waals surface area (Å²) in [7, 11) is 0. The van der Waals surface area contributed by atoms with Gasteiger partial charge in [-0.3, -0.25) is 9.69 Å². The summed E-state index contributed by atoms with van der Waals surface area (Å²) < 4.78 is 5.03. The van der Waals surface area contributed by atoms with Crippen molar-refractivity contribution in [2.45, 2.75) is 39.2 Å². The fraction of sp³-hybridized carbons (Fsp3) is 0.900. The third-order valence-electron chi connectivity index (χ3n) is 2.35. The van der Waals surface area contributed by atoms with Crippen LogP contribution in [0.1, 0.15) is 33.1 Å². The summed E-state index contributed by atoms with van der Waals surface area (Å²) in [6, 6.07) is 0.684. The lowest BCUT2D eigenvalue weighted by atomic mass is 10.3. The van der Waals surface area contributed by atoms with Crippen LogP contribution < -0.4 is 0 Å². The van der Waals surface area contributed by atoms with Gasteiger partial charge in [0.2, 0.25) is 0 Å². The molecule has 76 valence electrons. The monoisotopic (exact) mass is 185 g/mol. The molecule has 0 saturated carbocycles. The Bertz CT molecular complexity index is 170. The first-order valence-electron chi connectivity index (χ1n) is 5.13. The Morgan fingerprint density at radius 2 is 2.31 bits per heavy atom. The van der Waals surface area contributed by atoms with Crippen LogP contribution in [0.3, 0.4) is 0 Å². The van der Waals surface area contributed by atoms with E-state index in [1.807, 2.05) is 0 Å². The molecule has 0 aromatic heterocycles. The molecule has 1 saturated heterocycles. The van der Waals surface area contributed by atoms with Gasteiger partial charge in [-0.15, -0.1) is 0 Å². The van der Waals surface area contributed by atoms with Crippen molar-refractivity contribution in [2.24, 2.45) is 0 Å². The van der Waals surface area contributed by atoms with Gasteiger partial charge in [-0.25, -0.2) is 0 Å². The minimum absolute atomic E-state index is 0.0486. The van der Waals surface area contributed by atoms with Crippen molar-refractivity contribution in [3.05, 3.63) is 0 Å². The molecule has 3 heteroatoms. The maximum atomic E-state index is 11.1. The van der Waals surface area contributed by atoms with Crippen molar-refractivity contribution < 1.29 is 9.53 Å². The van der Waals surface area contributed by atoms with E-state index in [4.69, 9.17) is 4.74 Å². The van der Waals surface area contributed by atoms with Crippen LogP contribution in [0, 0.1) is 0 Å². The number of hydrogen-bond donors (Lipinski definition) is 0. The zero-order chi connectivity index (χ0) is 9.68. The van der Waals surface area contributed by atoms with E-state index in [1.165, 1.54) is 0 Å². The summed E-state index contributed by atoms with van der Waals surface area (Å²) in [4.78, 5) is 13.4. The highest BCUT2D eigenvalue weighted by Crippen LogP contribution is 2.15. The van der Waals surface area contributed by atoms with E-state index in [9.17, 15) is 4.79 Å². The van der Waals surface area contributed by atoms with Gasteiger partial charge in [-0.1, -0.05) is 13.3 Å². The normalized spacial score (nSPS) is 25.7. The Hall–Kier alpha value is -0.570. The summed E-state index contributed by atoms with van der Waals surface area (Å²) >= 11 is 0. The maximum absolute atomic E-state index is 11.1. The van der Waals surface area contributed by atoms with Crippen LogP contribution in [-0.2, 0) is 9.53 Å². The first-order valence-corrected chi connectivity index (χ1v) is 5.13. The zero-order valence-corrected chi connectivity index (χ0v) is 8.58. The second-order valence-electron chi connectivity index (χ2n) is 3.67. The molecule has 3 nitrogen and oxygen atoms in total. The summed E-state index contributed by atoms with van der Waals surface area (Å²) in [5.41, 5.74) is 0. The van der Waals surface area contributed by atoms with Gasteiger partial charge in [0.05, 0.1) is 13.0 Å². The molecule has 1 aliphatic rings. The molecule has 2 unspecified atom stereocenters. The third kappa shape index (κ3) is 4.27. The van der Waals surface area contributed by atoms with Crippen molar-refractivity contribution in [3.8, 4) is 0 Å². The SMILES string of the molecule is CCCCOC(=O)CCN1CC1C. The molecule has 0 spiro atoms. The Morgan fingerprint density at radius 1 is 1.62 bits per heavy atom. The van der Waals surface area contributed by atoms with E-state index in [2.05, 4.69) is 18.7 Å². The van der Waals surface area contributed by atoms with Crippen molar-refractivity contribution in [1.82, 2.24) is 4.90 Å². The molecule has 1 heterocycles. The fourth-order valence-electron chi connectivity index (χ4n) is 1.24. The second kappa shape index (κ2) is 5.22. The predicted octanol–water partition coefficient (Wildman–Crippen LogP) is 1.42. The topological polar surface area (TPSA) is 29.3 Å². The lowest BCUT2D eigenvalue weighted by Gasteiger charge is -2.03. The van der Waals surface area contributed by atoms with E-state index in [-0.39, 0.29) is 5.97 Å². The average Bonchev–Trinajstić information content (AvgIpc) is 2.79. The molecule has 1 fully saturated rings. The Balaban J connectivity index is 1.92. The quantitative estimate of drug-likeness (QED) is 0.356. The molecule has 0 radical (unpaired) electrons. The van der Waals surface area contributed by atoms with Gasteiger partial charge < -0.3 is 4.74 Å². The van der Waals surface area contributed by atoms with Gasteiger partial charge in [0, 0.05) is 19.1 Å². The standard InChI is InChI=1S/C10H19NO2/c1-3-4-7-13-10(12)5-6-11-8-9(11)2/h9H,3-8H2,1-2H3. The van der Waals surface area contributed by atoms with Crippen LogP contribution in [0.2, 0.25) is 0 Å². The first kappa shape index (κ1) is 10.5. The molecule has 1 rings (SSSR count). The van der Waals surface area contributed by atoms with Gasteiger partial charge in [0.15, 0.2) is 0 Å². The van der Waals surface area contributed by atoms with Gasteiger partial charge >= 0.3 is 5.97 Å². The minimum atomic E-state index is -0.0486. The number of unbranched alkanes of at least 4 members (excludes halogenated alkanes) is 1. The van der Waals surface area contributed by atoms with Crippen LogP contribution in [0.25, 0.3) is 0 Å². The molecule has 0 aromatic rings. The third-order valence-corrected chi connectivity index (χ3v) is 2.35. The molecule has 0 bridgehead atoms. The number of esters is 1. The van der Waals surface area contributed by atoms with Crippen LogP contribution in [0.5, 0.6) is 0 Å². The van der Waals surface area contributed by atoms with E-state index >= 15 is 0 Å². The smallest absolute Gasteiger partial charge is 0.307 e. The number of carbonyl (C=O) groups excluding carboxylic acids is 1. The first-order chi connectivity index (χ1) is 6.24. The second-order valence-corrected chi connectivity index (χ2v) is 3.67. The molecule has 0 aliphatic carbocycles. The summed E-state index contributed by atoms with van der Waals surface area (Å²) in [6.07, 6.45) is 2.61. The lowest BCUT2D eigenvalue weighted by Crippen LogP contribution is -2.12. The van der Waals surface area contributed by atoms with E-state index in [0.717, 1.165) is 25.9 Å². The van der Waals surface area contributed by atoms with Crippen LogP contribution in [-0.4, -0.2) is 36.6 Å². The number of hydrogen-bond acceptors (Lipinski definition) is 3. The molecule has 1 aliphatic heterocycles. The minimum Gasteiger partial charge on any atom is -0.466 e. The van der Waals surface area contributed by atoms with Crippen LogP contribution >= 0.6 is 0 Å². The maximum Gasteiger partial charge on any atom is 0.307 e. The highest BCUT2D eigenvalue weighted by Gasteiger charge is 2.28. The molecular weight excluding hydrogens is 166 g/mol. The van der Waals surface area contributed by atoms with Crippen molar-refractivity contribution >= 4 is 5.97 Å². The van der Waals surface area contributed by atoms with Crippen molar-refractivity contribution in [2.75, 3.05) is 19.7 Å². The predicted molar refractivity (Wildman–Crippen MR) is 51.5 cm³/mol. The van der Waals surface area contributed by atoms with E-state index in [0.29, 0.717) is 19.1 Å². The van der Waals surface area contributed by atoms with Gasteiger partial charge in [-0.05, 0) is 13.3 Å². The molecule has 2 atom stereocenters. The van der Waals surface area contributed by atoms with Crippen LogP contribution in [0.4, 0.5) is 0 Å². The van der Waals surface area contributed by atoms with Crippen molar-refractivity contribution in [1.29, 1.82) is 0 Å². The molecular formula is C10H19NO2. The largest absolute Gasteiger partial charge is 0.466 e. The van der Waals surface area contributed by atoms with E-state index < -0.39 is 0 Å². The number of ether oxygens (including phenoxy) is 1. The van der Waals surface area contributed by atoms with Gasteiger partial charge in [-0.2, -0.15) is 0 Å². The lowest BCUT2D eigenvalue weighted by molar-refractivity contribution is -0.143.